The summed E-state index contributed by atoms with van der Waals surface area (Å²) in [5.74, 6) is 4.42. The number of hydrogen-bond acceptors (Lipinski definition) is 5. The largest absolute Gasteiger partial charge is 0.294 e. The lowest BCUT2D eigenvalue weighted by atomic mass is 9.99. The van der Waals surface area contributed by atoms with E-state index in [2.05, 4.69) is 5.43 Å². The Morgan fingerprint density at radius 3 is 2.94 bits per heavy atom. The van der Waals surface area contributed by atoms with Crippen LogP contribution in [0.1, 0.15) is 12.8 Å². The van der Waals surface area contributed by atoms with Crippen LogP contribution in [-0.2, 0) is 14.8 Å². The average molecular weight is 289 g/mol. The highest BCUT2D eigenvalue weighted by molar-refractivity contribution is 7.91. The fourth-order valence-corrected chi connectivity index (χ4v) is 4.70. The normalized spacial score (nSPS) is 21.7. The van der Waals surface area contributed by atoms with Crippen molar-refractivity contribution >= 4 is 27.3 Å². The number of rotatable bonds is 3. The molecule has 1 fully saturated rings. The van der Waals surface area contributed by atoms with Gasteiger partial charge in [-0.2, -0.15) is 4.31 Å². The van der Waals surface area contributed by atoms with Crippen molar-refractivity contribution in [3.63, 3.8) is 0 Å². The van der Waals surface area contributed by atoms with Crippen LogP contribution in [0, 0.1) is 5.92 Å². The standard InChI is InChI=1S/C10H15N3O3S2/c11-12-10(14)8-3-1-5-13(7-8)18(15,16)9-4-2-6-17-9/h2,4,6,8H,1,3,5,7,11H2,(H,12,14). The number of amides is 1. The van der Waals surface area contributed by atoms with Gasteiger partial charge in [-0.3, -0.25) is 10.2 Å². The predicted molar refractivity (Wildman–Crippen MR) is 68.1 cm³/mol. The molecular weight excluding hydrogens is 274 g/mol. The monoisotopic (exact) mass is 289 g/mol. The summed E-state index contributed by atoms with van der Waals surface area (Å²) in [6, 6.07) is 3.28. The Labute approximate surface area is 110 Å². The maximum Gasteiger partial charge on any atom is 0.252 e. The molecule has 0 aromatic carbocycles. The van der Waals surface area contributed by atoms with Gasteiger partial charge in [0.25, 0.3) is 10.0 Å². The number of hydrogen-bond donors (Lipinski definition) is 2. The second kappa shape index (κ2) is 5.35. The lowest BCUT2D eigenvalue weighted by molar-refractivity contribution is -0.126. The molecule has 1 aromatic heterocycles. The third kappa shape index (κ3) is 2.56. The van der Waals surface area contributed by atoms with Crippen molar-refractivity contribution in [2.75, 3.05) is 13.1 Å². The van der Waals surface area contributed by atoms with Crippen molar-refractivity contribution in [1.82, 2.24) is 9.73 Å². The highest BCUT2D eigenvalue weighted by atomic mass is 32.2. The van der Waals surface area contributed by atoms with E-state index in [1.54, 1.807) is 17.5 Å². The van der Waals surface area contributed by atoms with Gasteiger partial charge in [0.05, 0.1) is 5.92 Å². The molecular formula is C10H15N3O3S2. The second-order valence-corrected chi connectivity index (χ2v) is 7.26. The fraction of sp³-hybridized carbons (Fsp3) is 0.500. The maximum absolute atomic E-state index is 12.3. The van der Waals surface area contributed by atoms with Crippen LogP contribution in [0.5, 0.6) is 0 Å². The van der Waals surface area contributed by atoms with Gasteiger partial charge < -0.3 is 0 Å². The molecule has 1 aromatic rings. The zero-order valence-corrected chi connectivity index (χ0v) is 11.3. The predicted octanol–water partition coefficient (Wildman–Crippen LogP) is 0.139. The van der Waals surface area contributed by atoms with Gasteiger partial charge in [0, 0.05) is 13.1 Å². The molecule has 18 heavy (non-hydrogen) atoms. The van der Waals surface area contributed by atoms with Crippen molar-refractivity contribution < 1.29 is 13.2 Å². The summed E-state index contributed by atoms with van der Waals surface area (Å²) in [7, 11) is -3.46. The Bertz CT molecular complexity index is 512. The van der Waals surface area contributed by atoms with E-state index in [-0.39, 0.29) is 18.4 Å². The zero-order valence-electron chi connectivity index (χ0n) is 9.70. The molecule has 3 N–H and O–H groups in total. The number of piperidine rings is 1. The van der Waals surface area contributed by atoms with E-state index in [4.69, 9.17) is 5.84 Å². The Hall–Kier alpha value is -0.960. The summed E-state index contributed by atoms with van der Waals surface area (Å²) in [6.45, 7) is 0.651. The first kappa shape index (κ1) is 13.5. The average Bonchev–Trinajstić information content (AvgIpc) is 2.92. The minimum absolute atomic E-state index is 0.198. The van der Waals surface area contributed by atoms with Crippen LogP contribution >= 0.6 is 11.3 Å². The molecule has 8 heteroatoms. The van der Waals surface area contributed by atoms with Gasteiger partial charge in [0.1, 0.15) is 4.21 Å². The number of hydrazine groups is 1. The van der Waals surface area contributed by atoms with Gasteiger partial charge in [-0.15, -0.1) is 11.3 Å². The summed E-state index contributed by atoms with van der Waals surface area (Å²) in [6.07, 6.45) is 1.34. The van der Waals surface area contributed by atoms with E-state index in [1.165, 1.54) is 15.6 Å². The van der Waals surface area contributed by atoms with Crippen molar-refractivity contribution in [2.24, 2.45) is 11.8 Å². The molecule has 2 rings (SSSR count). The van der Waals surface area contributed by atoms with Gasteiger partial charge >= 0.3 is 0 Å². The number of carbonyl (C=O) groups excluding carboxylic acids is 1. The van der Waals surface area contributed by atoms with E-state index in [1.807, 2.05) is 0 Å². The maximum atomic E-state index is 12.3. The SMILES string of the molecule is NNC(=O)C1CCCN(S(=O)(=O)c2cccs2)C1. The van der Waals surface area contributed by atoms with Crippen molar-refractivity contribution in [3.8, 4) is 0 Å². The Morgan fingerprint density at radius 2 is 2.33 bits per heavy atom. The first-order valence-electron chi connectivity index (χ1n) is 5.60. The number of sulfonamides is 1. The van der Waals surface area contributed by atoms with Gasteiger partial charge in [0.2, 0.25) is 5.91 Å². The third-order valence-electron chi connectivity index (χ3n) is 2.99. The lowest BCUT2D eigenvalue weighted by Gasteiger charge is -2.30. The molecule has 1 aliphatic heterocycles. The van der Waals surface area contributed by atoms with Crippen molar-refractivity contribution in [2.45, 2.75) is 17.1 Å². The molecule has 2 heterocycles. The summed E-state index contributed by atoms with van der Waals surface area (Å²) in [5, 5.41) is 1.72. The molecule has 1 unspecified atom stereocenters. The molecule has 6 nitrogen and oxygen atoms in total. The Balaban J connectivity index is 2.17. The first-order chi connectivity index (χ1) is 8.55. The topological polar surface area (TPSA) is 92.5 Å². The molecule has 1 atom stereocenters. The van der Waals surface area contributed by atoms with Crippen molar-refractivity contribution in [3.05, 3.63) is 17.5 Å². The van der Waals surface area contributed by atoms with Crippen LogP contribution in [0.15, 0.2) is 21.7 Å². The number of nitrogens with two attached hydrogens (primary N) is 1. The minimum atomic E-state index is -3.46. The first-order valence-corrected chi connectivity index (χ1v) is 7.92. The zero-order chi connectivity index (χ0) is 13.2. The molecule has 0 spiro atoms. The van der Waals surface area contributed by atoms with E-state index >= 15 is 0 Å². The Kier molecular flexibility index (Phi) is 4.00. The third-order valence-corrected chi connectivity index (χ3v) is 6.22. The van der Waals surface area contributed by atoms with Crippen molar-refractivity contribution in [1.29, 1.82) is 0 Å². The molecule has 1 saturated heterocycles. The van der Waals surface area contributed by atoms with Gasteiger partial charge in [-0.1, -0.05) is 6.07 Å². The molecule has 0 aliphatic carbocycles. The van der Waals surface area contributed by atoms with Gasteiger partial charge in [-0.25, -0.2) is 14.3 Å². The minimum Gasteiger partial charge on any atom is -0.294 e. The number of thiophene rings is 1. The van der Waals surface area contributed by atoms with Crippen LogP contribution in [-0.4, -0.2) is 31.7 Å². The molecule has 0 radical (unpaired) electrons. The summed E-state index contributed by atoms with van der Waals surface area (Å²) in [5.41, 5.74) is 2.08. The van der Waals surface area contributed by atoms with E-state index < -0.39 is 10.0 Å². The van der Waals surface area contributed by atoms with Crippen LogP contribution < -0.4 is 11.3 Å². The number of nitrogens with zero attached hydrogens (tertiary/aromatic N) is 1. The van der Waals surface area contributed by atoms with Crippen LogP contribution in [0.4, 0.5) is 0 Å². The molecule has 1 amide bonds. The highest BCUT2D eigenvalue weighted by Crippen LogP contribution is 2.26. The molecule has 0 bridgehead atoms. The summed E-state index contributed by atoms with van der Waals surface area (Å²) < 4.78 is 26.2. The van der Waals surface area contributed by atoms with Gasteiger partial charge in [-0.05, 0) is 24.3 Å². The van der Waals surface area contributed by atoms with E-state index in [0.29, 0.717) is 23.6 Å². The molecule has 1 aliphatic rings. The molecule has 0 saturated carbocycles. The Morgan fingerprint density at radius 1 is 1.56 bits per heavy atom. The summed E-state index contributed by atoms with van der Waals surface area (Å²) in [4.78, 5) is 11.5. The smallest absolute Gasteiger partial charge is 0.252 e. The number of nitrogens with one attached hydrogen (secondary N) is 1. The van der Waals surface area contributed by atoms with E-state index in [9.17, 15) is 13.2 Å². The van der Waals surface area contributed by atoms with Crippen LogP contribution in [0.25, 0.3) is 0 Å². The molecule has 100 valence electrons. The van der Waals surface area contributed by atoms with Crippen LogP contribution in [0.3, 0.4) is 0 Å². The van der Waals surface area contributed by atoms with Gasteiger partial charge in [0.15, 0.2) is 0 Å². The number of carbonyl (C=O) groups is 1. The summed E-state index contributed by atoms with van der Waals surface area (Å²) >= 11 is 1.18. The second-order valence-electron chi connectivity index (χ2n) is 4.14. The fourth-order valence-electron chi connectivity index (χ4n) is 2.03. The van der Waals surface area contributed by atoms with Crippen LogP contribution in [0.2, 0.25) is 0 Å². The highest BCUT2D eigenvalue weighted by Gasteiger charge is 2.33. The lowest BCUT2D eigenvalue weighted by Crippen LogP contribution is -2.46. The van der Waals surface area contributed by atoms with E-state index in [0.717, 1.165) is 0 Å². The quantitative estimate of drug-likeness (QED) is 0.470.